The third kappa shape index (κ3) is 5.07. The van der Waals surface area contributed by atoms with E-state index in [1.165, 1.54) is 12.0 Å². The molecule has 1 fully saturated rings. The minimum atomic E-state index is -0.491. The first-order valence-electron chi connectivity index (χ1n) is 11.2. The van der Waals surface area contributed by atoms with Gasteiger partial charge in [0, 0.05) is 5.69 Å². The first-order chi connectivity index (χ1) is 15.0. The van der Waals surface area contributed by atoms with E-state index in [4.69, 9.17) is 4.74 Å². The molecule has 0 unspecified atom stereocenters. The normalized spacial score (nSPS) is 16.3. The van der Waals surface area contributed by atoms with Crippen LogP contribution in [0.4, 0.5) is 21.9 Å². The molecule has 6 heteroatoms. The van der Waals surface area contributed by atoms with Gasteiger partial charge >= 0.3 is 6.09 Å². The first-order valence-corrected chi connectivity index (χ1v) is 11.2. The average Bonchev–Trinajstić information content (AvgIpc) is 2.90. The fourth-order valence-electron chi connectivity index (χ4n) is 4.41. The van der Waals surface area contributed by atoms with Gasteiger partial charge in [-0.05, 0) is 81.9 Å². The number of fused-ring (bicyclic) bond motifs is 2. The molecule has 2 aromatic rings. The van der Waals surface area contributed by atoms with Crippen molar-refractivity contribution >= 4 is 29.1 Å². The van der Waals surface area contributed by atoms with Crippen LogP contribution in [-0.4, -0.2) is 42.6 Å². The van der Waals surface area contributed by atoms with Crippen molar-refractivity contribution in [2.45, 2.75) is 52.1 Å². The van der Waals surface area contributed by atoms with E-state index < -0.39 is 6.09 Å². The molecule has 2 aromatic carbocycles. The average molecular weight is 422 g/mol. The van der Waals surface area contributed by atoms with Gasteiger partial charge in [0.15, 0.2) is 0 Å². The minimum Gasteiger partial charge on any atom is -0.447 e. The molecule has 164 valence electrons. The predicted octanol–water partition coefficient (Wildman–Crippen LogP) is 4.89. The van der Waals surface area contributed by atoms with Crippen molar-refractivity contribution in [3.63, 3.8) is 0 Å². The van der Waals surface area contributed by atoms with Crippen LogP contribution < -0.4 is 10.2 Å². The molecule has 1 saturated heterocycles. The Bertz CT molecular complexity index is 951. The van der Waals surface area contributed by atoms with E-state index in [0.29, 0.717) is 12.2 Å². The summed E-state index contributed by atoms with van der Waals surface area (Å²) < 4.78 is 5.22. The molecule has 6 nitrogen and oxygen atoms in total. The maximum absolute atomic E-state index is 13.6. The minimum absolute atomic E-state index is 0.0689. The monoisotopic (exact) mass is 421 g/mol. The molecule has 4 rings (SSSR count). The second kappa shape index (κ2) is 9.52. The molecule has 0 radical (unpaired) electrons. The van der Waals surface area contributed by atoms with Crippen LogP contribution in [0.5, 0.6) is 0 Å². The van der Waals surface area contributed by atoms with Crippen LogP contribution in [0, 0.1) is 0 Å². The third-order valence-corrected chi connectivity index (χ3v) is 5.87. The summed E-state index contributed by atoms with van der Waals surface area (Å²) in [7, 11) is 0. The fourth-order valence-corrected chi connectivity index (χ4v) is 4.41. The topological polar surface area (TPSA) is 61.9 Å². The summed E-state index contributed by atoms with van der Waals surface area (Å²) in [5, 5.41) is 2.80. The Kier molecular flexibility index (Phi) is 6.56. The molecule has 2 aliphatic rings. The molecule has 0 saturated carbocycles. The van der Waals surface area contributed by atoms with Crippen molar-refractivity contribution in [3.8, 4) is 0 Å². The number of para-hydroxylation sites is 1. The van der Waals surface area contributed by atoms with E-state index >= 15 is 0 Å². The summed E-state index contributed by atoms with van der Waals surface area (Å²) in [6.07, 6.45) is 4.56. The lowest BCUT2D eigenvalue weighted by Gasteiger charge is -2.30. The maximum Gasteiger partial charge on any atom is 0.411 e. The lowest BCUT2D eigenvalue weighted by Crippen LogP contribution is -2.40. The molecule has 1 N–H and O–H groups in total. The predicted molar refractivity (Wildman–Crippen MR) is 123 cm³/mol. The second-order valence-corrected chi connectivity index (χ2v) is 8.62. The summed E-state index contributed by atoms with van der Waals surface area (Å²) in [6.45, 7) is 5.97. The van der Waals surface area contributed by atoms with E-state index in [0.717, 1.165) is 55.7 Å². The van der Waals surface area contributed by atoms with Crippen LogP contribution in [0.1, 0.15) is 44.2 Å². The number of ether oxygens (including phenoxy) is 1. The van der Waals surface area contributed by atoms with Gasteiger partial charge in [0.05, 0.1) is 24.0 Å². The van der Waals surface area contributed by atoms with Gasteiger partial charge in [0.2, 0.25) is 5.91 Å². The van der Waals surface area contributed by atoms with Gasteiger partial charge in [0.1, 0.15) is 0 Å². The van der Waals surface area contributed by atoms with Crippen LogP contribution in [0.3, 0.4) is 0 Å². The molecule has 0 spiro atoms. The Labute approximate surface area is 184 Å². The number of likely N-dealkylation sites (tertiary alicyclic amines) is 1. The number of hydrogen-bond acceptors (Lipinski definition) is 4. The highest BCUT2D eigenvalue weighted by molar-refractivity contribution is 6.04. The van der Waals surface area contributed by atoms with Crippen LogP contribution in [-0.2, 0) is 22.4 Å². The molecule has 0 aromatic heterocycles. The highest BCUT2D eigenvalue weighted by atomic mass is 16.6. The van der Waals surface area contributed by atoms with Crippen molar-refractivity contribution in [2.24, 2.45) is 0 Å². The maximum atomic E-state index is 13.6. The van der Waals surface area contributed by atoms with E-state index in [2.05, 4.69) is 16.3 Å². The molecule has 0 aliphatic carbocycles. The van der Waals surface area contributed by atoms with E-state index in [1.54, 1.807) is 0 Å². The van der Waals surface area contributed by atoms with Gasteiger partial charge in [-0.1, -0.05) is 30.7 Å². The van der Waals surface area contributed by atoms with Gasteiger partial charge in [0.25, 0.3) is 0 Å². The lowest BCUT2D eigenvalue weighted by molar-refractivity contribution is -0.119. The third-order valence-electron chi connectivity index (χ3n) is 5.87. The number of anilines is 3. The van der Waals surface area contributed by atoms with Crippen molar-refractivity contribution < 1.29 is 14.3 Å². The number of carbonyl (C=O) groups excluding carboxylic acids is 2. The summed E-state index contributed by atoms with van der Waals surface area (Å²) in [4.78, 5) is 29.8. The van der Waals surface area contributed by atoms with Crippen molar-refractivity contribution in [1.82, 2.24) is 4.90 Å². The van der Waals surface area contributed by atoms with Gasteiger partial charge < -0.3 is 4.74 Å². The van der Waals surface area contributed by atoms with Crippen LogP contribution in [0.15, 0.2) is 42.5 Å². The first kappa shape index (κ1) is 21.4. The number of piperidine rings is 1. The standard InChI is InChI=1S/C25H31N3O3/c1-18(2)31-25(30)26-21-13-12-20-11-10-19-8-4-5-9-22(19)28(23(20)16-21)24(29)17-27-14-6-3-7-15-27/h4-5,8-9,12-13,16,18H,3,6-7,10-11,14-15,17H2,1-2H3,(H,26,30). The van der Waals surface area contributed by atoms with Crippen LogP contribution >= 0.6 is 0 Å². The molecular formula is C25H31N3O3. The number of carbonyl (C=O) groups is 2. The summed E-state index contributed by atoms with van der Waals surface area (Å²) in [6, 6.07) is 13.9. The molecule has 0 atom stereocenters. The highest BCUT2D eigenvalue weighted by Crippen LogP contribution is 2.38. The number of aryl methyl sites for hydroxylation is 2. The Hall–Kier alpha value is -2.86. The summed E-state index contributed by atoms with van der Waals surface area (Å²) >= 11 is 0. The number of nitrogens with one attached hydrogen (secondary N) is 1. The number of nitrogens with zero attached hydrogens (tertiary/aromatic N) is 2. The van der Waals surface area contributed by atoms with Crippen molar-refractivity contribution in [2.75, 3.05) is 29.9 Å². The van der Waals surface area contributed by atoms with Crippen LogP contribution in [0.2, 0.25) is 0 Å². The van der Waals surface area contributed by atoms with Gasteiger partial charge in [-0.25, -0.2) is 4.79 Å². The zero-order valence-corrected chi connectivity index (χ0v) is 18.4. The van der Waals surface area contributed by atoms with Crippen molar-refractivity contribution in [3.05, 3.63) is 53.6 Å². The SMILES string of the molecule is CC(C)OC(=O)Nc1ccc2c(c1)N(C(=O)CN1CCCCC1)c1ccccc1CC2. The number of amides is 2. The Balaban J connectivity index is 1.67. The number of rotatable bonds is 4. The van der Waals surface area contributed by atoms with E-state index in [9.17, 15) is 9.59 Å². The lowest BCUT2D eigenvalue weighted by atomic mass is 10.0. The zero-order chi connectivity index (χ0) is 21.8. The molecule has 0 bridgehead atoms. The molecule has 2 amide bonds. The molecule has 2 aliphatic heterocycles. The van der Waals surface area contributed by atoms with Gasteiger partial charge in [-0.2, -0.15) is 0 Å². The zero-order valence-electron chi connectivity index (χ0n) is 18.4. The second-order valence-electron chi connectivity index (χ2n) is 8.62. The largest absolute Gasteiger partial charge is 0.447 e. The Morgan fingerprint density at radius 3 is 2.42 bits per heavy atom. The smallest absolute Gasteiger partial charge is 0.411 e. The quantitative estimate of drug-likeness (QED) is 0.763. The van der Waals surface area contributed by atoms with Gasteiger partial charge in [-0.15, -0.1) is 0 Å². The van der Waals surface area contributed by atoms with Crippen molar-refractivity contribution in [1.29, 1.82) is 0 Å². The molecular weight excluding hydrogens is 390 g/mol. The fraction of sp³-hybridized carbons (Fsp3) is 0.440. The summed E-state index contributed by atoms with van der Waals surface area (Å²) in [5.74, 6) is 0.0689. The van der Waals surface area contributed by atoms with Gasteiger partial charge in [-0.3, -0.25) is 19.9 Å². The van der Waals surface area contributed by atoms with Crippen LogP contribution in [0.25, 0.3) is 0 Å². The molecule has 31 heavy (non-hydrogen) atoms. The summed E-state index contributed by atoms with van der Waals surface area (Å²) in [5.41, 5.74) is 4.67. The Morgan fingerprint density at radius 1 is 0.968 bits per heavy atom. The Morgan fingerprint density at radius 2 is 1.68 bits per heavy atom. The highest BCUT2D eigenvalue weighted by Gasteiger charge is 2.28. The van der Waals surface area contributed by atoms with E-state index in [-0.39, 0.29) is 12.0 Å². The molecule has 2 heterocycles. The van der Waals surface area contributed by atoms with E-state index in [1.807, 2.05) is 55.1 Å². The number of hydrogen-bond donors (Lipinski definition) is 1. The number of benzene rings is 2.